The molecule has 0 spiro atoms. The zero-order valence-corrected chi connectivity index (χ0v) is 44.1. The van der Waals surface area contributed by atoms with Crippen LogP contribution in [0.3, 0.4) is 0 Å². The standard InChI is InChI=1S/C60H60Si4/c1-61(2,3)45-41-53-25-17-13-21-49(53)29-33-57(34-30-50-22-14-18-26-54(50)42-46-62(4,5)6)59-37-39-60(40-38-59)58(35-31-51-23-15-19-27-55(51)43-47-63(7,8)9)36-32-52-24-16-20-28-56(52)44-48-64(10,11)12/h13-28H,37-40H2,1-12H3. The lowest BCUT2D eigenvalue weighted by Gasteiger charge is -2.18. The summed E-state index contributed by atoms with van der Waals surface area (Å²) in [4.78, 5) is 0. The second kappa shape index (κ2) is 21.9. The fourth-order valence-electron chi connectivity index (χ4n) is 6.11. The summed E-state index contributed by atoms with van der Waals surface area (Å²) in [5.41, 5.74) is 25.8. The number of allylic oxidation sites excluding steroid dienone is 4. The second-order valence-corrected chi connectivity index (χ2v) is 39.1. The minimum absolute atomic E-state index is 0.811. The van der Waals surface area contributed by atoms with Gasteiger partial charge in [-0.3, -0.25) is 0 Å². The van der Waals surface area contributed by atoms with Gasteiger partial charge in [0, 0.05) is 44.5 Å². The van der Waals surface area contributed by atoms with Crippen molar-refractivity contribution in [3.8, 4) is 93.2 Å². The first-order valence-corrected chi connectivity index (χ1v) is 36.2. The van der Waals surface area contributed by atoms with E-state index in [1.54, 1.807) is 0 Å². The summed E-state index contributed by atoms with van der Waals surface area (Å²) in [6.45, 7) is 27.2. The van der Waals surface area contributed by atoms with E-state index in [9.17, 15) is 0 Å². The molecule has 0 aromatic heterocycles. The van der Waals surface area contributed by atoms with Crippen LogP contribution < -0.4 is 0 Å². The molecule has 4 aromatic rings. The second-order valence-electron chi connectivity index (χ2n) is 20.1. The van der Waals surface area contributed by atoms with Crippen LogP contribution in [0.25, 0.3) is 0 Å². The van der Waals surface area contributed by atoms with Gasteiger partial charge in [-0.05, 0) is 85.4 Å². The van der Waals surface area contributed by atoms with Gasteiger partial charge in [0.15, 0.2) is 0 Å². The lowest BCUT2D eigenvalue weighted by atomic mass is 9.85. The molecule has 1 saturated carbocycles. The minimum Gasteiger partial charge on any atom is -0.127 e. The highest BCUT2D eigenvalue weighted by Gasteiger charge is 2.17. The van der Waals surface area contributed by atoms with Crippen molar-refractivity contribution in [1.29, 1.82) is 0 Å². The lowest BCUT2D eigenvalue weighted by Crippen LogP contribution is -2.16. The van der Waals surface area contributed by atoms with E-state index in [0.717, 1.165) is 81.3 Å². The number of hydrogen-bond donors (Lipinski definition) is 0. The van der Waals surface area contributed by atoms with Crippen LogP contribution in [0.5, 0.6) is 0 Å². The van der Waals surface area contributed by atoms with Gasteiger partial charge >= 0.3 is 0 Å². The molecule has 0 heterocycles. The van der Waals surface area contributed by atoms with Crippen molar-refractivity contribution in [2.75, 3.05) is 0 Å². The highest BCUT2D eigenvalue weighted by atomic mass is 28.3. The Kier molecular flexibility index (Phi) is 16.7. The van der Waals surface area contributed by atoms with Crippen molar-refractivity contribution in [1.82, 2.24) is 0 Å². The maximum atomic E-state index is 3.56. The maximum absolute atomic E-state index is 3.56. The highest BCUT2D eigenvalue weighted by molar-refractivity contribution is 6.85. The normalized spacial score (nSPS) is 12.0. The quantitative estimate of drug-likeness (QED) is 0.122. The van der Waals surface area contributed by atoms with Gasteiger partial charge in [0.25, 0.3) is 0 Å². The summed E-state index contributed by atoms with van der Waals surface area (Å²) in [5.74, 6) is 42.1. The molecular formula is C60H60Si4. The molecule has 4 aromatic carbocycles. The van der Waals surface area contributed by atoms with Crippen molar-refractivity contribution >= 4 is 32.3 Å². The molecule has 0 bridgehead atoms. The molecule has 1 aliphatic carbocycles. The summed E-state index contributed by atoms with van der Waals surface area (Å²) in [6, 6.07) is 32.8. The third-order valence-corrected chi connectivity index (χ3v) is 12.9. The van der Waals surface area contributed by atoms with Crippen LogP contribution in [0, 0.1) is 93.2 Å². The van der Waals surface area contributed by atoms with E-state index in [1.165, 1.54) is 11.1 Å². The lowest BCUT2D eigenvalue weighted by molar-refractivity contribution is 0.722. The number of rotatable bonds is 0. The van der Waals surface area contributed by atoms with Gasteiger partial charge in [0.2, 0.25) is 0 Å². The van der Waals surface area contributed by atoms with E-state index in [-0.39, 0.29) is 0 Å². The fraction of sp³-hybridized carbons (Fsp3) is 0.267. The average molecular weight is 893 g/mol. The van der Waals surface area contributed by atoms with E-state index in [0.29, 0.717) is 0 Å². The van der Waals surface area contributed by atoms with Crippen molar-refractivity contribution in [3.63, 3.8) is 0 Å². The van der Waals surface area contributed by atoms with Gasteiger partial charge in [-0.1, -0.05) is 198 Å². The molecule has 1 fully saturated rings. The molecule has 64 heavy (non-hydrogen) atoms. The van der Waals surface area contributed by atoms with Crippen molar-refractivity contribution < 1.29 is 0 Å². The molecule has 0 unspecified atom stereocenters. The fourth-order valence-corrected chi connectivity index (χ4v) is 8.15. The van der Waals surface area contributed by atoms with Crippen LogP contribution >= 0.6 is 0 Å². The molecule has 0 aliphatic heterocycles. The Morgan fingerprint density at radius 3 is 0.625 bits per heavy atom. The first kappa shape index (κ1) is 48.7. The zero-order valence-electron chi connectivity index (χ0n) is 40.1. The largest absolute Gasteiger partial charge is 0.129 e. The summed E-state index contributed by atoms with van der Waals surface area (Å²) in [7, 11) is -6.34. The smallest absolute Gasteiger partial charge is 0.127 e. The van der Waals surface area contributed by atoms with E-state index in [1.807, 2.05) is 48.5 Å². The van der Waals surface area contributed by atoms with E-state index < -0.39 is 32.3 Å². The molecule has 4 heteroatoms. The van der Waals surface area contributed by atoms with Gasteiger partial charge in [-0.15, -0.1) is 22.2 Å². The Morgan fingerprint density at radius 1 is 0.281 bits per heavy atom. The minimum atomic E-state index is -1.59. The number of hydrogen-bond acceptors (Lipinski definition) is 0. The SMILES string of the molecule is C[Si](C)(C)C#Cc1ccccc1C#CC(C#Cc1ccccc1C#C[Si](C)(C)C)=C1CCC(=C(C#Cc2ccccc2C#C[Si](C)(C)C)C#Cc2ccccc2C#C[Si](C)(C)C)CC1. The molecular weight excluding hydrogens is 833 g/mol. The number of benzene rings is 4. The molecule has 0 radical (unpaired) electrons. The Balaban J connectivity index is 1.64. The van der Waals surface area contributed by atoms with Gasteiger partial charge in [0.05, 0.1) is 11.1 Å². The van der Waals surface area contributed by atoms with Crippen LogP contribution in [0.1, 0.15) is 70.2 Å². The van der Waals surface area contributed by atoms with E-state index >= 15 is 0 Å². The van der Waals surface area contributed by atoms with Crippen LogP contribution in [0.2, 0.25) is 78.6 Å². The zero-order chi connectivity index (χ0) is 46.4. The van der Waals surface area contributed by atoms with Crippen molar-refractivity contribution in [2.45, 2.75) is 104 Å². The maximum Gasteiger partial charge on any atom is 0.129 e. The average Bonchev–Trinajstić information content (AvgIpc) is 3.24. The van der Waals surface area contributed by atoms with Gasteiger partial charge in [-0.25, -0.2) is 0 Å². The van der Waals surface area contributed by atoms with Gasteiger partial charge < -0.3 is 0 Å². The summed E-state index contributed by atoms with van der Waals surface area (Å²) in [5, 5.41) is 0. The molecule has 0 N–H and O–H groups in total. The molecule has 0 saturated heterocycles. The van der Waals surface area contributed by atoms with Crippen molar-refractivity contribution in [2.24, 2.45) is 0 Å². The van der Waals surface area contributed by atoms with Crippen LogP contribution in [-0.2, 0) is 0 Å². The monoisotopic (exact) mass is 892 g/mol. The first-order chi connectivity index (χ1) is 30.2. The Morgan fingerprint density at radius 2 is 0.453 bits per heavy atom. The first-order valence-electron chi connectivity index (χ1n) is 22.2. The predicted octanol–water partition coefficient (Wildman–Crippen LogP) is 13.3. The third kappa shape index (κ3) is 16.8. The van der Waals surface area contributed by atoms with Gasteiger partial charge in [0.1, 0.15) is 32.3 Å². The Hall–Kier alpha value is -6.29. The van der Waals surface area contributed by atoms with Crippen LogP contribution in [0.15, 0.2) is 119 Å². The summed E-state index contributed by atoms with van der Waals surface area (Å²) >= 11 is 0. The van der Waals surface area contributed by atoms with Crippen LogP contribution in [-0.4, -0.2) is 32.3 Å². The highest BCUT2D eigenvalue weighted by Crippen LogP contribution is 2.32. The molecule has 316 valence electrons. The molecule has 0 atom stereocenters. The molecule has 1 aliphatic rings. The Labute approximate surface area is 391 Å². The summed E-state index contributed by atoms with van der Waals surface area (Å²) in [6.07, 6.45) is 3.24. The predicted molar refractivity (Wildman–Crippen MR) is 287 cm³/mol. The molecule has 0 amide bonds. The van der Waals surface area contributed by atoms with Crippen molar-refractivity contribution in [3.05, 3.63) is 164 Å². The summed E-state index contributed by atoms with van der Waals surface area (Å²) < 4.78 is 0. The third-order valence-electron chi connectivity index (χ3n) is 9.45. The Bertz CT molecular complexity index is 2600. The van der Waals surface area contributed by atoms with E-state index in [4.69, 9.17) is 0 Å². The van der Waals surface area contributed by atoms with Crippen LogP contribution in [0.4, 0.5) is 0 Å². The molecule has 0 nitrogen and oxygen atoms in total. The molecule has 5 rings (SSSR count). The van der Waals surface area contributed by atoms with Gasteiger partial charge in [-0.2, -0.15) is 0 Å². The topological polar surface area (TPSA) is 0 Å². The van der Waals surface area contributed by atoms with E-state index in [2.05, 4.69) is 220 Å².